The fourth-order valence-corrected chi connectivity index (χ4v) is 3.48. The summed E-state index contributed by atoms with van der Waals surface area (Å²) in [6, 6.07) is 4.41. The number of benzene rings is 1. The molecule has 0 saturated heterocycles. The molecule has 0 aliphatic carbocycles. The number of ether oxygens (including phenoxy) is 1. The number of carbonyl (C=O) groups excluding carboxylic acids is 3. The third-order valence-electron chi connectivity index (χ3n) is 4.67. The Bertz CT molecular complexity index is 801. The number of hydrogen-bond acceptors (Lipinski definition) is 5. The van der Waals surface area contributed by atoms with Crippen molar-refractivity contribution < 1.29 is 24.2 Å². The van der Waals surface area contributed by atoms with Crippen molar-refractivity contribution in [2.45, 2.75) is 92.0 Å². The van der Waals surface area contributed by atoms with E-state index in [0.717, 1.165) is 0 Å². The van der Waals surface area contributed by atoms with Crippen molar-refractivity contribution in [1.82, 2.24) is 15.5 Å². The van der Waals surface area contributed by atoms with Crippen molar-refractivity contribution in [2.75, 3.05) is 6.54 Å². The van der Waals surface area contributed by atoms with Crippen LogP contribution in [0.25, 0.3) is 0 Å². The summed E-state index contributed by atoms with van der Waals surface area (Å²) in [4.78, 5) is 41.0. The molecule has 0 saturated carbocycles. The van der Waals surface area contributed by atoms with E-state index in [9.17, 15) is 19.5 Å². The molecule has 186 valence electrons. The Labute approximate surface area is 198 Å². The Morgan fingerprint density at radius 3 is 2.15 bits per heavy atom. The van der Waals surface area contributed by atoms with E-state index in [1.807, 2.05) is 34.6 Å². The molecule has 1 aromatic rings. The molecule has 8 heteroatoms. The molecule has 0 fully saturated rings. The Balaban J connectivity index is 3.42. The first-order valence-electron chi connectivity index (χ1n) is 11.6. The van der Waals surface area contributed by atoms with Crippen molar-refractivity contribution >= 4 is 17.9 Å². The predicted octanol–water partition coefficient (Wildman–Crippen LogP) is 4.14. The number of nitrogens with zero attached hydrogens (tertiary/aromatic N) is 1. The number of alkyl carbamates (subject to hydrolysis) is 1. The lowest BCUT2D eigenvalue weighted by Gasteiger charge is -2.35. The fourth-order valence-electron chi connectivity index (χ4n) is 3.48. The standard InChI is InChI=1S/C25H41N3O5/c1-9-14-28(21(22(30)26-17(4)5)18-12-10-11-13-20(18)29)23(31)19(15-16(2)3)27-24(32)33-25(6,7)8/h10-13,16-17,19,21,29H,9,14-15H2,1-8H3,(H,26,30)(H,27,32). The molecule has 0 aliphatic rings. The maximum Gasteiger partial charge on any atom is 0.408 e. The molecule has 2 atom stereocenters. The highest BCUT2D eigenvalue weighted by Gasteiger charge is 2.37. The van der Waals surface area contributed by atoms with Gasteiger partial charge in [-0.05, 0) is 59.4 Å². The molecule has 2 unspecified atom stereocenters. The number of phenolic OH excluding ortho intramolecular Hbond substituents is 1. The summed E-state index contributed by atoms with van der Waals surface area (Å²) < 4.78 is 5.36. The molecule has 8 nitrogen and oxygen atoms in total. The Morgan fingerprint density at radius 2 is 1.67 bits per heavy atom. The summed E-state index contributed by atoms with van der Waals surface area (Å²) in [5.74, 6) is -0.765. The van der Waals surface area contributed by atoms with Gasteiger partial charge in [-0.15, -0.1) is 0 Å². The van der Waals surface area contributed by atoms with Gasteiger partial charge >= 0.3 is 6.09 Å². The van der Waals surface area contributed by atoms with Crippen LogP contribution in [0.5, 0.6) is 5.75 Å². The maximum atomic E-state index is 13.8. The van der Waals surface area contributed by atoms with Crippen molar-refractivity contribution in [2.24, 2.45) is 5.92 Å². The molecule has 1 rings (SSSR count). The van der Waals surface area contributed by atoms with Crippen LogP contribution in [0.3, 0.4) is 0 Å². The highest BCUT2D eigenvalue weighted by atomic mass is 16.6. The van der Waals surface area contributed by atoms with Crippen LogP contribution in [0.2, 0.25) is 0 Å². The first-order valence-corrected chi connectivity index (χ1v) is 11.6. The lowest BCUT2D eigenvalue weighted by molar-refractivity contribution is -0.143. The summed E-state index contributed by atoms with van der Waals surface area (Å²) in [6.07, 6.45) is 0.270. The molecule has 0 bridgehead atoms. The van der Waals surface area contributed by atoms with Gasteiger partial charge in [0.15, 0.2) is 0 Å². The van der Waals surface area contributed by atoms with Crippen LogP contribution >= 0.6 is 0 Å². The van der Waals surface area contributed by atoms with E-state index in [2.05, 4.69) is 10.6 Å². The first-order chi connectivity index (χ1) is 15.3. The summed E-state index contributed by atoms with van der Waals surface area (Å²) in [5, 5.41) is 16.1. The minimum Gasteiger partial charge on any atom is -0.508 e. The highest BCUT2D eigenvalue weighted by Crippen LogP contribution is 2.30. The number of amides is 3. The molecule has 33 heavy (non-hydrogen) atoms. The summed E-state index contributed by atoms with van der Waals surface area (Å²) in [7, 11) is 0. The van der Waals surface area contributed by atoms with E-state index < -0.39 is 35.6 Å². The average molecular weight is 464 g/mol. The van der Waals surface area contributed by atoms with Gasteiger partial charge in [0.25, 0.3) is 0 Å². The van der Waals surface area contributed by atoms with E-state index in [-0.39, 0.29) is 24.3 Å². The van der Waals surface area contributed by atoms with Gasteiger partial charge in [-0.1, -0.05) is 39.0 Å². The number of para-hydroxylation sites is 1. The van der Waals surface area contributed by atoms with Crippen LogP contribution in [0.15, 0.2) is 24.3 Å². The number of phenols is 1. The van der Waals surface area contributed by atoms with Crippen LogP contribution in [-0.4, -0.2) is 52.1 Å². The minimum absolute atomic E-state index is 0.0733. The topological polar surface area (TPSA) is 108 Å². The number of aromatic hydroxyl groups is 1. The van der Waals surface area contributed by atoms with Gasteiger partial charge in [0, 0.05) is 18.2 Å². The highest BCUT2D eigenvalue weighted by molar-refractivity contribution is 5.92. The van der Waals surface area contributed by atoms with Gasteiger partial charge in [-0.2, -0.15) is 0 Å². The van der Waals surface area contributed by atoms with Crippen molar-refractivity contribution in [3.63, 3.8) is 0 Å². The number of rotatable bonds is 10. The van der Waals surface area contributed by atoms with E-state index in [4.69, 9.17) is 4.74 Å². The Kier molecular flexibility index (Phi) is 10.7. The van der Waals surface area contributed by atoms with E-state index in [1.165, 1.54) is 11.0 Å². The van der Waals surface area contributed by atoms with Crippen molar-refractivity contribution in [3.8, 4) is 5.75 Å². The predicted molar refractivity (Wildman–Crippen MR) is 129 cm³/mol. The quantitative estimate of drug-likeness (QED) is 0.483. The monoisotopic (exact) mass is 463 g/mol. The summed E-state index contributed by atoms with van der Waals surface area (Å²) >= 11 is 0. The molecule has 0 radical (unpaired) electrons. The van der Waals surface area contributed by atoms with Gasteiger partial charge in [0.05, 0.1) is 0 Å². The molecular weight excluding hydrogens is 422 g/mol. The second-order valence-corrected chi connectivity index (χ2v) is 9.98. The second-order valence-electron chi connectivity index (χ2n) is 9.98. The number of hydrogen-bond donors (Lipinski definition) is 3. The van der Waals surface area contributed by atoms with Gasteiger partial charge in [0.1, 0.15) is 23.4 Å². The zero-order valence-electron chi connectivity index (χ0n) is 21.3. The van der Waals surface area contributed by atoms with Crippen LogP contribution in [0.1, 0.15) is 79.8 Å². The van der Waals surface area contributed by atoms with Gasteiger partial charge < -0.3 is 25.4 Å². The van der Waals surface area contributed by atoms with Crippen molar-refractivity contribution in [1.29, 1.82) is 0 Å². The van der Waals surface area contributed by atoms with Crippen LogP contribution < -0.4 is 10.6 Å². The third kappa shape index (κ3) is 9.32. The van der Waals surface area contributed by atoms with Gasteiger partial charge in [-0.25, -0.2) is 4.79 Å². The normalized spacial score (nSPS) is 13.4. The number of carbonyl (C=O) groups is 3. The maximum absolute atomic E-state index is 13.8. The largest absolute Gasteiger partial charge is 0.508 e. The fraction of sp³-hybridized carbons (Fsp3) is 0.640. The molecule has 3 amide bonds. The first kappa shape index (κ1) is 28.3. The van der Waals surface area contributed by atoms with Crippen LogP contribution in [-0.2, 0) is 14.3 Å². The van der Waals surface area contributed by atoms with Crippen LogP contribution in [0, 0.1) is 5.92 Å². The van der Waals surface area contributed by atoms with Gasteiger partial charge in [0.2, 0.25) is 11.8 Å². The SMILES string of the molecule is CCCN(C(=O)C(CC(C)C)NC(=O)OC(C)(C)C)C(C(=O)NC(C)C)c1ccccc1O. The van der Waals surface area contributed by atoms with E-state index in [0.29, 0.717) is 18.4 Å². The zero-order valence-corrected chi connectivity index (χ0v) is 21.3. The third-order valence-corrected chi connectivity index (χ3v) is 4.67. The molecule has 3 N–H and O–H groups in total. The minimum atomic E-state index is -1.05. The molecule has 0 spiro atoms. The zero-order chi connectivity index (χ0) is 25.3. The van der Waals surface area contributed by atoms with E-state index in [1.54, 1.807) is 39.0 Å². The second kappa shape index (κ2) is 12.5. The molecule has 1 aromatic carbocycles. The van der Waals surface area contributed by atoms with Crippen LogP contribution in [0.4, 0.5) is 4.79 Å². The summed E-state index contributed by atoms with van der Waals surface area (Å²) in [5.41, 5.74) is -0.383. The molecule has 0 aromatic heterocycles. The smallest absolute Gasteiger partial charge is 0.408 e. The molecule has 0 aliphatic heterocycles. The summed E-state index contributed by atoms with van der Waals surface area (Å²) in [6.45, 7) is 15.0. The number of nitrogens with one attached hydrogen (secondary N) is 2. The molecule has 0 heterocycles. The lowest BCUT2D eigenvalue weighted by atomic mass is 9.98. The van der Waals surface area contributed by atoms with E-state index >= 15 is 0 Å². The Hall–Kier alpha value is -2.77. The lowest BCUT2D eigenvalue weighted by Crippen LogP contribution is -2.54. The van der Waals surface area contributed by atoms with Gasteiger partial charge in [-0.3, -0.25) is 9.59 Å². The molecular formula is C25H41N3O5. The van der Waals surface area contributed by atoms with Crippen molar-refractivity contribution in [3.05, 3.63) is 29.8 Å². The average Bonchev–Trinajstić information content (AvgIpc) is 2.65. The Morgan fingerprint density at radius 1 is 1.06 bits per heavy atom.